The van der Waals surface area contributed by atoms with Crippen molar-refractivity contribution in [2.75, 3.05) is 19.0 Å². The Kier molecular flexibility index (Phi) is 5.94. The Morgan fingerprint density at radius 3 is 2.67 bits per heavy atom. The molecule has 0 unspecified atom stereocenters. The third-order valence-electron chi connectivity index (χ3n) is 3.88. The summed E-state index contributed by atoms with van der Waals surface area (Å²) < 4.78 is 18.7. The molecule has 1 aromatic heterocycles. The molecule has 0 fully saturated rings. The van der Waals surface area contributed by atoms with E-state index in [9.17, 15) is 9.18 Å². The SMILES string of the molecule is COc1cccc(Nc2ccc(C(=O)NCCc3ccccc3F)nn2)c1. The summed E-state index contributed by atoms with van der Waals surface area (Å²) in [5.74, 6) is 0.594. The van der Waals surface area contributed by atoms with Crippen LogP contribution in [-0.4, -0.2) is 29.8 Å². The van der Waals surface area contributed by atoms with E-state index in [1.165, 1.54) is 6.07 Å². The van der Waals surface area contributed by atoms with Crippen LogP contribution in [0.5, 0.6) is 5.75 Å². The van der Waals surface area contributed by atoms with E-state index in [4.69, 9.17) is 4.74 Å². The monoisotopic (exact) mass is 366 g/mol. The van der Waals surface area contributed by atoms with Crippen LogP contribution in [0.4, 0.5) is 15.9 Å². The normalized spacial score (nSPS) is 10.3. The molecule has 3 aromatic rings. The average molecular weight is 366 g/mol. The number of hydrogen-bond donors (Lipinski definition) is 2. The van der Waals surface area contributed by atoms with Gasteiger partial charge in [-0.2, -0.15) is 0 Å². The molecule has 0 saturated heterocycles. The van der Waals surface area contributed by atoms with E-state index in [1.807, 2.05) is 24.3 Å². The van der Waals surface area contributed by atoms with Crippen molar-refractivity contribution in [2.45, 2.75) is 6.42 Å². The second-order valence-corrected chi connectivity index (χ2v) is 5.76. The lowest BCUT2D eigenvalue weighted by molar-refractivity contribution is 0.0948. The number of anilines is 2. The highest BCUT2D eigenvalue weighted by molar-refractivity contribution is 5.92. The van der Waals surface area contributed by atoms with Crippen LogP contribution in [0.3, 0.4) is 0 Å². The van der Waals surface area contributed by atoms with Crippen molar-refractivity contribution in [3.63, 3.8) is 0 Å². The summed E-state index contributed by atoms with van der Waals surface area (Å²) >= 11 is 0. The number of halogens is 1. The van der Waals surface area contributed by atoms with Gasteiger partial charge >= 0.3 is 0 Å². The van der Waals surface area contributed by atoms with Crippen LogP contribution in [0, 0.1) is 5.82 Å². The number of methoxy groups -OCH3 is 1. The van der Waals surface area contributed by atoms with E-state index >= 15 is 0 Å². The third-order valence-corrected chi connectivity index (χ3v) is 3.88. The largest absolute Gasteiger partial charge is 0.497 e. The number of amides is 1. The van der Waals surface area contributed by atoms with Crippen molar-refractivity contribution in [2.24, 2.45) is 0 Å². The van der Waals surface area contributed by atoms with E-state index in [0.717, 1.165) is 11.4 Å². The van der Waals surface area contributed by atoms with Crippen molar-refractivity contribution >= 4 is 17.4 Å². The van der Waals surface area contributed by atoms with Gasteiger partial charge in [-0.1, -0.05) is 24.3 Å². The van der Waals surface area contributed by atoms with Gasteiger partial charge in [0.2, 0.25) is 0 Å². The van der Waals surface area contributed by atoms with Crippen molar-refractivity contribution in [3.05, 3.63) is 77.7 Å². The number of benzene rings is 2. The highest BCUT2D eigenvalue weighted by Gasteiger charge is 2.09. The lowest BCUT2D eigenvalue weighted by Crippen LogP contribution is -2.27. The first-order chi connectivity index (χ1) is 13.2. The van der Waals surface area contributed by atoms with Gasteiger partial charge in [-0.15, -0.1) is 10.2 Å². The zero-order valence-corrected chi connectivity index (χ0v) is 14.8. The number of carbonyl (C=O) groups is 1. The van der Waals surface area contributed by atoms with Gasteiger partial charge in [0.05, 0.1) is 7.11 Å². The Balaban J connectivity index is 1.54. The molecule has 1 heterocycles. The predicted octanol–water partition coefficient (Wildman–Crippen LogP) is 3.34. The fourth-order valence-corrected chi connectivity index (χ4v) is 2.47. The van der Waals surface area contributed by atoms with Gasteiger partial charge < -0.3 is 15.4 Å². The Morgan fingerprint density at radius 1 is 1.07 bits per heavy atom. The van der Waals surface area contributed by atoms with Crippen LogP contribution < -0.4 is 15.4 Å². The summed E-state index contributed by atoms with van der Waals surface area (Å²) in [5.41, 5.74) is 1.55. The summed E-state index contributed by atoms with van der Waals surface area (Å²) in [5, 5.41) is 13.7. The molecule has 2 aromatic carbocycles. The molecule has 3 rings (SSSR count). The molecule has 0 atom stereocenters. The summed E-state index contributed by atoms with van der Waals surface area (Å²) in [6.45, 7) is 0.311. The maximum Gasteiger partial charge on any atom is 0.271 e. The lowest BCUT2D eigenvalue weighted by atomic mass is 10.1. The number of aromatic nitrogens is 2. The zero-order valence-electron chi connectivity index (χ0n) is 14.8. The molecule has 0 bridgehead atoms. The van der Waals surface area contributed by atoms with Crippen molar-refractivity contribution in [1.29, 1.82) is 0 Å². The number of ether oxygens (including phenoxy) is 1. The minimum atomic E-state index is -0.355. The van der Waals surface area contributed by atoms with Gasteiger partial charge in [0.15, 0.2) is 11.5 Å². The number of rotatable bonds is 7. The van der Waals surface area contributed by atoms with Crippen molar-refractivity contribution < 1.29 is 13.9 Å². The van der Waals surface area contributed by atoms with Gasteiger partial charge in [0.25, 0.3) is 5.91 Å². The van der Waals surface area contributed by atoms with Gasteiger partial charge in [0.1, 0.15) is 11.6 Å². The quantitative estimate of drug-likeness (QED) is 0.671. The van der Waals surface area contributed by atoms with Crippen molar-refractivity contribution in [1.82, 2.24) is 15.5 Å². The second-order valence-electron chi connectivity index (χ2n) is 5.76. The van der Waals surface area contributed by atoms with Crippen LogP contribution in [-0.2, 0) is 6.42 Å². The molecule has 0 saturated carbocycles. The molecule has 2 N–H and O–H groups in total. The molecular weight excluding hydrogens is 347 g/mol. The van der Waals surface area contributed by atoms with Crippen LogP contribution in [0.1, 0.15) is 16.1 Å². The summed E-state index contributed by atoms with van der Waals surface area (Å²) in [6.07, 6.45) is 0.404. The predicted molar refractivity (Wildman–Crippen MR) is 101 cm³/mol. The Bertz CT molecular complexity index is 916. The summed E-state index contributed by atoms with van der Waals surface area (Å²) in [7, 11) is 1.60. The Hall–Kier alpha value is -3.48. The van der Waals surface area contributed by atoms with E-state index in [1.54, 1.807) is 37.4 Å². The van der Waals surface area contributed by atoms with Gasteiger partial charge in [0, 0.05) is 18.3 Å². The fraction of sp³-hybridized carbons (Fsp3) is 0.150. The van der Waals surface area contributed by atoms with Gasteiger partial charge in [-0.05, 0) is 42.3 Å². The van der Waals surface area contributed by atoms with Gasteiger partial charge in [-0.25, -0.2) is 4.39 Å². The minimum Gasteiger partial charge on any atom is -0.497 e. The van der Waals surface area contributed by atoms with E-state index in [-0.39, 0.29) is 17.4 Å². The van der Waals surface area contributed by atoms with E-state index in [2.05, 4.69) is 20.8 Å². The molecule has 7 heteroatoms. The molecular formula is C20H19FN4O2. The van der Waals surface area contributed by atoms with Crippen LogP contribution in [0.25, 0.3) is 0 Å². The molecule has 0 aliphatic rings. The molecule has 1 amide bonds. The number of nitrogens with zero attached hydrogens (tertiary/aromatic N) is 2. The average Bonchev–Trinajstić information content (AvgIpc) is 2.70. The van der Waals surface area contributed by atoms with E-state index in [0.29, 0.717) is 24.3 Å². The second kappa shape index (κ2) is 8.75. The van der Waals surface area contributed by atoms with Crippen molar-refractivity contribution in [3.8, 4) is 5.75 Å². The van der Waals surface area contributed by atoms with Crippen LogP contribution in [0.2, 0.25) is 0 Å². The highest BCUT2D eigenvalue weighted by atomic mass is 19.1. The molecule has 138 valence electrons. The minimum absolute atomic E-state index is 0.194. The first-order valence-electron chi connectivity index (χ1n) is 8.42. The maximum atomic E-state index is 13.6. The summed E-state index contributed by atoms with van der Waals surface area (Å²) in [4.78, 5) is 12.1. The summed E-state index contributed by atoms with van der Waals surface area (Å²) in [6, 6.07) is 17.1. The smallest absolute Gasteiger partial charge is 0.271 e. The number of carbonyl (C=O) groups excluding carboxylic acids is 1. The van der Waals surface area contributed by atoms with Crippen LogP contribution >= 0.6 is 0 Å². The van der Waals surface area contributed by atoms with E-state index < -0.39 is 0 Å². The highest BCUT2D eigenvalue weighted by Crippen LogP contribution is 2.19. The molecule has 0 aliphatic carbocycles. The number of hydrogen-bond acceptors (Lipinski definition) is 5. The topological polar surface area (TPSA) is 76.1 Å². The van der Waals surface area contributed by atoms with Gasteiger partial charge in [-0.3, -0.25) is 4.79 Å². The first-order valence-corrected chi connectivity index (χ1v) is 8.42. The molecule has 0 spiro atoms. The zero-order chi connectivity index (χ0) is 19.1. The maximum absolute atomic E-state index is 13.6. The molecule has 27 heavy (non-hydrogen) atoms. The molecule has 0 radical (unpaired) electrons. The third kappa shape index (κ3) is 5.01. The molecule has 0 aliphatic heterocycles. The molecule has 6 nitrogen and oxygen atoms in total. The Morgan fingerprint density at radius 2 is 1.93 bits per heavy atom. The fourth-order valence-electron chi connectivity index (χ4n) is 2.47. The Labute approximate surface area is 156 Å². The first kappa shape index (κ1) is 18.3. The lowest BCUT2D eigenvalue weighted by Gasteiger charge is -2.08. The number of nitrogens with one attached hydrogen (secondary N) is 2. The standard InChI is InChI=1S/C20H19FN4O2/c1-27-16-7-4-6-15(13-16)23-19-10-9-18(24-25-19)20(26)22-12-11-14-5-2-3-8-17(14)21/h2-10,13H,11-12H2,1H3,(H,22,26)(H,23,25). The van der Waals surface area contributed by atoms with Crippen LogP contribution in [0.15, 0.2) is 60.7 Å².